The average molecular weight is 651 g/mol. The normalized spacial score (nSPS) is 12.3. The zero-order valence-corrected chi connectivity index (χ0v) is 27.6. The van der Waals surface area contributed by atoms with Crippen LogP contribution in [0.1, 0.15) is 0 Å². The van der Waals surface area contributed by atoms with Gasteiger partial charge in [-0.3, -0.25) is 4.98 Å². The highest BCUT2D eigenvalue weighted by Gasteiger charge is 2.30. The second kappa shape index (κ2) is 10.8. The van der Waals surface area contributed by atoms with E-state index in [4.69, 9.17) is 0 Å². The third kappa shape index (κ3) is 4.11. The summed E-state index contributed by atoms with van der Waals surface area (Å²) in [7, 11) is 0. The Labute approximate surface area is 294 Å². The largest absolute Gasteiger partial charge is 0.309 e. The summed E-state index contributed by atoms with van der Waals surface area (Å²) in [4.78, 5) is 7.10. The molecule has 10 aromatic rings. The molecule has 51 heavy (non-hydrogen) atoms. The van der Waals surface area contributed by atoms with Gasteiger partial charge >= 0.3 is 0 Å². The summed E-state index contributed by atoms with van der Waals surface area (Å²) < 4.78 is 4.84. The molecule has 0 saturated carbocycles. The summed E-state index contributed by atoms with van der Waals surface area (Å²) in [6.07, 6.45) is 3.92. The van der Waals surface area contributed by atoms with E-state index in [-0.39, 0.29) is 0 Å². The van der Waals surface area contributed by atoms with Gasteiger partial charge in [0.15, 0.2) is 0 Å². The molecule has 0 atom stereocenters. The van der Waals surface area contributed by atoms with Gasteiger partial charge in [0.05, 0.1) is 45.3 Å². The highest BCUT2D eigenvalue weighted by Crippen LogP contribution is 2.51. The number of rotatable bonds is 4. The van der Waals surface area contributed by atoms with E-state index in [1.165, 1.54) is 60.3 Å². The predicted octanol–water partition coefficient (Wildman–Crippen LogP) is 12.4. The first kappa shape index (κ1) is 28.0. The number of para-hydroxylation sites is 4. The first-order chi connectivity index (χ1) is 25.3. The predicted molar refractivity (Wildman–Crippen MR) is 212 cm³/mol. The minimum atomic E-state index is 1.10. The monoisotopic (exact) mass is 650 g/mol. The van der Waals surface area contributed by atoms with E-state index in [2.05, 4.69) is 189 Å². The van der Waals surface area contributed by atoms with Crippen LogP contribution in [0.25, 0.3) is 77.2 Å². The van der Waals surface area contributed by atoms with Gasteiger partial charge in [0.2, 0.25) is 0 Å². The van der Waals surface area contributed by atoms with Crippen molar-refractivity contribution in [1.82, 2.24) is 14.1 Å². The SMILES string of the molecule is c1ccc(-c2cc(-c3ccccc3)cc(N3c4ccccc4-n4c5cnccc5c5cc(-n6c7ccccc7c7ccccc76)cc3c54)c2)cc1. The minimum absolute atomic E-state index is 1.10. The van der Waals surface area contributed by atoms with Crippen LogP contribution in [0.2, 0.25) is 0 Å². The quantitative estimate of drug-likeness (QED) is 0.189. The lowest BCUT2D eigenvalue weighted by molar-refractivity contribution is 1.10. The first-order valence-corrected chi connectivity index (χ1v) is 17.4. The molecule has 7 aromatic carbocycles. The number of hydrogen-bond donors (Lipinski definition) is 0. The lowest BCUT2D eigenvalue weighted by Gasteiger charge is -2.34. The van der Waals surface area contributed by atoms with E-state index in [9.17, 15) is 0 Å². The maximum Gasteiger partial charge on any atom is 0.0785 e. The molecule has 0 bridgehead atoms. The van der Waals surface area contributed by atoms with Crippen molar-refractivity contribution >= 4 is 60.7 Å². The number of benzene rings is 7. The third-order valence-corrected chi connectivity index (χ3v) is 10.5. The van der Waals surface area contributed by atoms with Crippen LogP contribution in [0, 0.1) is 0 Å². The number of hydrogen-bond acceptors (Lipinski definition) is 2. The molecular weight excluding hydrogens is 621 g/mol. The molecule has 4 heterocycles. The smallest absolute Gasteiger partial charge is 0.0785 e. The Morgan fingerprint density at radius 2 is 0.922 bits per heavy atom. The molecule has 0 radical (unpaired) electrons. The Morgan fingerprint density at radius 1 is 0.353 bits per heavy atom. The molecule has 0 spiro atoms. The first-order valence-electron chi connectivity index (χ1n) is 17.4. The molecule has 3 aromatic heterocycles. The number of nitrogens with zero attached hydrogens (tertiary/aromatic N) is 4. The Balaban J connectivity index is 1.28. The van der Waals surface area contributed by atoms with Crippen LogP contribution in [0.4, 0.5) is 17.1 Å². The van der Waals surface area contributed by atoms with Gasteiger partial charge < -0.3 is 14.0 Å². The van der Waals surface area contributed by atoms with Crippen molar-refractivity contribution in [3.63, 3.8) is 0 Å². The van der Waals surface area contributed by atoms with Gasteiger partial charge in [-0.25, -0.2) is 0 Å². The lowest BCUT2D eigenvalue weighted by Crippen LogP contribution is -2.18. The van der Waals surface area contributed by atoms with Gasteiger partial charge in [-0.2, -0.15) is 0 Å². The van der Waals surface area contributed by atoms with Crippen LogP contribution in [0.5, 0.6) is 0 Å². The number of anilines is 3. The summed E-state index contributed by atoms with van der Waals surface area (Å²) in [5.41, 5.74) is 15.0. The van der Waals surface area contributed by atoms with Crippen molar-refractivity contribution in [3.05, 3.63) is 182 Å². The zero-order valence-electron chi connectivity index (χ0n) is 27.6. The highest BCUT2D eigenvalue weighted by molar-refractivity contribution is 6.18. The van der Waals surface area contributed by atoms with E-state index in [1.807, 2.05) is 12.4 Å². The molecule has 11 rings (SSSR count). The lowest BCUT2D eigenvalue weighted by atomic mass is 9.96. The van der Waals surface area contributed by atoms with Gasteiger partial charge in [0, 0.05) is 39.1 Å². The Morgan fingerprint density at radius 3 is 1.59 bits per heavy atom. The molecule has 238 valence electrons. The van der Waals surface area contributed by atoms with E-state index in [0.717, 1.165) is 34.0 Å². The molecular formula is C47H30N4. The number of fused-ring (bicyclic) bond motifs is 8. The topological polar surface area (TPSA) is 26.0 Å². The molecule has 4 heteroatoms. The van der Waals surface area contributed by atoms with Crippen molar-refractivity contribution in [2.24, 2.45) is 0 Å². The standard InChI is InChI=1S/C47H30N4/c1-3-13-31(14-4-1)33-25-34(32-15-5-2-6-16-32)27-35(26-33)50-43-21-11-12-22-44(43)51-46-30-48-24-23-39(46)40-28-36(29-45(50)47(40)51)49-41-19-9-7-17-37(41)38-18-8-10-20-42(38)49/h1-30H. The molecule has 0 aliphatic carbocycles. The molecule has 0 fully saturated rings. The molecule has 4 nitrogen and oxygen atoms in total. The summed E-state index contributed by atoms with van der Waals surface area (Å²) in [5.74, 6) is 0. The fraction of sp³-hybridized carbons (Fsp3) is 0. The van der Waals surface area contributed by atoms with Crippen LogP contribution >= 0.6 is 0 Å². The third-order valence-electron chi connectivity index (χ3n) is 10.5. The Hall–Kier alpha value is -6.91. The van der Waals surface area contributed by atoms with Crippen LogP contribution < -0.4 is 4.90 Å². The van der Waals surface area contributed by atoms with E-state index in [1.54, 1.807) is 0 Å². The number of aromatic nitrogens is 3. The second-order valence-electron chi connectivity index (χ2n) is 13.3. The van der Waals surface area contributed by atoms with Crippen LogP contribution in [0.15, 0.2) is 182 Å². The Kier molecular flexibility index (Phi) is 5.92. The van der Waals surface area contributed by atoms with Crippen molar-refractivity contribution in [3.8, 4) is 33.6 Å². The maximum atomic E-state index is 4.63. The summed E-state index contributed by atoms with van der Waals surface area (Å²) in [5, 5.41) is 4.88. The highest BCUT2D eigenvalue weighted by atomic mass is 15.2. The van der Waals surface area contributed by atoms with Gasteiger partial charge in [0.25, 0.3) is 0 Å². The van der Waals surface area contributed by atoms with Gasteiger partial charge in [-0.15, -0.1) is 0 Å². The van der Waals surface area contributed by atoms with Crippen LogP contribution in [-0.4, -0.2) is 14.1 Å². The molecule has 0 saturated heterocycles. The molecule has 0 N–H and O–H groups in total. The van der Waals surface area contributed by atoms with E-state index < -0.39 is 0 Å². The maximum absolute atomic E-state index is 4.63. The van der Waals surface area contributed by atoms with Gasteiger partial charge in [0.1, 0.15) is 0 Å². The Bertz CT molecular complexity index is 2860. The van der Waals surface area contributed by atoms with E-state index in [0.29, 0.717) is 0 Å². The van der Waals surface area contributed by atoms with Crippen molar-refractivity contribution in [2.75, 3.05) is 4.90 Å². The zero-order chi connectivity index (χ0) is 33.5. The molecule has 0 unspecified atom stereocenters. The average Bonchev–Trinajstić information content (AvgIpc) is 3.72. The minimum Gasteiger partial charge on any atom is -0.309 e. The van der Waals surface area contributed by atoms with Crippen molar-refractivity contribution < 1.29 is 0 Å². The van der Waals surface area contributed by atoms with Gasteiger partial charge in [-0.05, 0) is 82.9 Å². The fourth-order valence-corrected chi connectivity index (χ4v) is 8.29. The molecule has 0 amide bonds. The van der Waals surface area contributed by atoms with Gasteiger partial charge in [-0.1, -0.05) is 109 Å². The molecule has 1 aliphatic heterocycles. The summed E-state index contributed by atoms with van der Waals surface area (Å²) >= 11 is 0. The summed E-state index contributed by atoms with van der Waals surface area (Å²) in [6, 6.07) is 61.6. The van der Waals surface area contributed by atoms with Crippen LogP contribution in [0.3, 0.4) is 0 Å². The summed E-state index contributed by atoms with van der Waals surface area (Å²) in [6.45, 7) is 0. The molecule has 1 aliphatic rings. The van der Waals surface area contributed by atoms with Crippen molar-refractivity contribution in [2.45, 2.75) is 0 Å². The van der Waals surface area contributed by atoms with Crippen molar-refractivity contribution in [1.29, 1.82) is 0 Å². The fourth-order valence-electron chi connectivity index (χ4n) is 8.29. The second-order valence-corrected chi connectivity index (χ2v) is 13.3. The van der Waals surface area contributed by atoms with Crippen LogP contribution in [-0.2, 0) is 0 Å². The van der Waals surface area contributed by atoms with E-state index >= 15 is 0 Å². The number of pyridine rings is 1.